The summed E-state index contributed by atoms with van der Waals surface area (Å²) in [5, 5.41) is 32.1. The number of alkyl halides is 1. The summed E-state index contributed by atoms with van der Waals surface area (Å²) in [6.07, 6.45) is 4.56. The number of piperidine rings is 1. The molecule has 3 N–H and O–H groups in total. The van der Waals surface area contributed by atoms with Crippen molar-refractivity contribution in [3.8, 4) is 22.5 Å². The van der Waals surface area contributed by atoms with Crippen molar-refractivity contribution in [3.05, 3.63) is 126 Å². The van der Waals surface area contributed by atoms with Gasteiger partial charge in [0.2, 0.25) is 23.7 Å². The van der Waals surface area contributed by atoms with Gasteiger partial charge in [0, 0.05) is 120 Å². The van der Waals surface area contributed by atoms with Crippen molar-refractivity contribution in [1.29, 1.82) is 0 Å². The van der Waals surface area contributed by atoms with E-state index in [1.54, 1.807) is 74.0 Å². The van der Waals surface area contributed by atoms with Gasteiger partial charge in [-0.1, -0.05) is 0 Å². The van der Waals surface area contributed by atoms with Crippen LogP contribution in [-0.4, -0.2) is 180 Å². The van der Waals surface area contributed by atoms with Gasteiger partial charge in [0.1, 0.15) is 40.2 Å². The van der Waals surface area contributed by atoms with Crippen molar-refractivity contribution in [2.45, 2.75) is 57.9 Å². The molecule has 8 heterocycles. The number of carbonyl (C=O) groups excluding carboxylic acids is 2. The molecule has 0 aliphatic carbocycles. The minimum atomic E-state index is -0.410. The van der Waals surface area contributed by atoms with Crippen molar-refractivity contribution in [3.63, 3.8) is 0 Å². The minimum Gasteiger partial charge on any atom is -0.389 e. The molecule has 0 saturated carbocycles. The molecular formula is C59H66ClF4N15O4. The van der Waals surface area contributed by atoms with Gasteiger partial charge < -0.3 is 30.2 Å². The molecule has 0 unspecified atom stereocenters. The quantitative estimate of drug-likeness (QED) is 0.0767. The highest BCUT2D eigenvalue weighted by Gasteiger charge is 2.32. The number of aromatic nitrogens is 8. The second kappa shape index (κ2) is 25.8. The summed E-state index contributed by atoms with van der Waals surface area (Å²) in [4.78, 5) is 52.4. The second-order valence-corrected chi connectivity index (χ2v) is 21.2. The Labute approximate surface area is 482 Å². The third-order valence-electron chi connectivity index (χ3n) is 15.4. The number of hydrogen-bond acceptors (Lipinski definition) is 15. The van der Waals surface area contributed by atoms with Crippen LogP contribution in [0, 0.1) is 23.3 Å². The summed E-state index contributed by atoms with van der Waals surface area (Å²) >= 11 is 5.23. The van der Waals surface area contributed by atoms with E-state index >= 15 is 8.78 Å². The maximum absolute atomic E-state index is 15.5. The van der Waals surface area contributed by atoms with E-state index in [0.29, 0.717) is 118 Å². The Hall–Kier alpha value is -7.83. The van der Waals surface area contributed by atoms with E-state index in [2.05, 4.69) is 41.3 Å². The van der Waals surface area contributed by atoms with Crippen LogP contribution in [0.25, 0.3) is 44.3 Å². The largest absolute Gasteiger partial charge is 0.389 e. The number of benzene rings is 4. The molecule has 0 radical (unpaired) electrons. The first-order chi connectivity index (χ1) is 40.1. The number of amides is 2. The Morgan fingerprint density at radius 2 is 1.11 bits per heavy atom. The van der Waals surface area contributed by atoms with Gasteiger partial charge in [-0.15, -0.1) is 11.6 Å². The fraction of sp³-hybridized carbons (Fsp3) is 0.390. The molecule has 19 nitrogen and oxygen atoms in total. The van der Waals surface area contributed by atoms with Gasteiger partial charge in [0.25, 0.3) is 0 Å². The Kier molecular flexibility index (Phi) is 18.1. The van der Waals surface area contributed by atoms with Gasteiger partial charge in [-0.2, -0.15) is 10.2 Å². The number of carbonyl (C=O) groups is 2. The number of nitrogens with zero attached hydrogens (tertiary/aromatic N) is 14. The highest BCUT2D eigenvalue weighted by atomic mass is 35.5. The molecule has 4 saturated heterocycles. The molecule has 4 fully saturated rings. The third-order valence-corrected chi connectivity index (χ3v) is 15.6. The SMILES string of the molecule is CCn1nc2c(F)cc(C3CCNCC3)cc2c1N(C)c1nccc(-c2ccc(F)cc2)n1.CCn1nc2c(F)cc(N3CCN(CC(=O)N4CC(O)C4)CC3)cc2c1N(C)c1nccc(-c2ccc(F)cc2)n1.O=C(CCl)N1CC(O)C1. The molecule has 0 atom stereocenters. The number of rotatable bonds is 13. The smallest absolute Gasteiger partial charge is 0.237 e. The van der Waals surface area contributed by atoms with Crippen LogP contribution in [-0.2, 0) is 22.7 Å². The molecule has 8 aromatic rings. The first-order valence-electron chi connectivity index (χ1n) is 27.8. The Balaban J connectivity index is 0.000000164. The van der Waals surface area contributed by atoms with E-state index in [1.165, 1.54) is 35.2 Å². The number of β-amino-alcohol motifs (C(OH)–C–C–N with tert-alkyl or cyclic N) is 2. The first kappa shape index (κ1) is 58.4. The normalized spacial score (nSPS) is 16.0. The maximum atomic E-state index is 15.5. The van der Waals surface area contributed by atoms with Gasteiger partial charge in [-0.05, 0) is 136 Å². The van der Waals surface area contributed by atoms with Gasteiger partial charge in [0.15, 0.2) is 11.6 Å². The molecule has 2 amide bonds. The van der Waals surface area contributed by atoms with Crippen LogP contribution in [0.3, 0.4) is 0 Å². The number of hydrogen-bond donors (Lipinski definition) is 3. The van der Waals surface area contributed by atoms with Gasteiger partial charge in [-0.3, -0.25) is 24.3 Å². The predicted octanol–water partition coefficient (Wildman–Crippen LogP) is 7.34. The number of anilines is 5. The van der Waals surface area contributed by atoms with Crippen molar-refractivity contribution in [1.82, 2.24) is 59.5 Å². The number of aliphatic hydroxyl groups excluding tert-OH is 2. The molecule has 0 spiro atoms. The Bertz CT molecular complexity index is 3570. The minimum absolute atomic E-state index is 0.0206. The monoisotopic (exact) mass is 1160 g/mol. The zero-order chi connectivity index (χ0) is 58.5. The number of halogens is 5. The number of nitrogens with one attached hydrogen (secondary N) is 1. The van der Waals surface area contributed by atoms with Crippen LogP contribution in [0.15, 0.2) is 97.3 Å². The summed E-state index contributed by atoms with van der Waals surface area (Å²) in [6.45, 7) is 11.6. The summed E-state index contributed by atoms with van der Waals surface area (Å²) in [5.74, 6) is 1.23. The predicted molar refractivity (Wildman–Crippen MR) is 311 cm³/mol. The lowest BCUT2D eigenvalue weighted by molar-refractivity contribution is -0.142. The van der Waals surface area contributed by atoms with Crippen molar-refractivity contribution in [2.24, 2.45) is 0 Å². The molecule has 24 heteroatoms. The van der Waals surface area contributed by atoms with Crippen molar-refractivity contribution >= 4 is 74.4 Å². The number of fused-ring (bicyclic) bond motifs is 2. The highest BCUT2D eigenvalue weighted by Crippen LogP contribution is 2.38. The maximum Gasteiger partial charge on any atom is 0.237 e. The zero-order valence-electron chi connectivity index (χ0n) is 46.6. The van der Waals surface area contributed by atoms with E-state index in [4.69, 9.17) is 26.7 Å². The third kappa shape index (κ3) is 13.0. The lowest BCUT2D eigenvalue weighted by Crippen LogP contribution is -2.57. The van der Waals surface area contributed by atoms with E-state index in [-0.39, 0.29) is 46.8 Å². The van der Waals surface area contributed by atoms with Crippen LogP contribution in [0.4, 0.5) is 46.8 Å². The fourth-order valence-corrected chi connectivity index (χ4v) is 10.9. The number of likely N-dealkylation sites (tertiary alicyclic amines) is 2. The van der Waals surface area contributed by atoms with Crippen molar-refractivity contribution < 1.29 is 37.4 Å². The second-order valence-electron chi connectivity index (χ2n) is 20.9. The standard InChI is InChI=1S/C29H32F2N8O2.C25H26F2N6.C5H8ClNO2/c1-3-39-28(35(2)29-32-9-8-25(33-29)19-4-6-20(30)7-5-19)23-14-21(15-24(31)27(23)34-39)37-12-10-36(11-13-37)18-26(41)38-16-22(40)17-38;1-3-33-24(20-14-18(15-21(27)23(20)31-33)16-8-11-28-12-9-16)32(2)25-29-13-10-22(30-25)17-4-6-19(26)7-5-17;6-1-5(9)7-2-4(8)3-7/h4-9,14-15,22,40H,3,10-13,16-18H2,1-2H3;4-7,10,13-16,28H,3,8-9,11-12H2,1-2H3;4,8H,1-3H2. The van der Waals surface area contributed by atoms with Gasteiger partial charge >= 0.3 is 0 Å². The molecule has 4 aliphatic heterocycles. The molecule has 83 heavy (non-hydrogen) atoms. The van der Waals surface area contributed by atoms with E-state index in [9.17, 15) is 23.5 Å². The number of aryl methyl sites for hydroxylation is 2. The summed E-state index contributed by atoms with van der Waals surface area (Å²) in [6, 6.07) is 23.0. The molecule has 4 aromatic carbocycles. The van der Waals surface area contributed by atoms with Crippen LogP contribution in [0.2, 0.25) is 0 Å². The molecule has 12 rings (SSSR count). The lowest BCUT2D eigenvalue weighted by Gasteiger charge is -2.39. The van der Waals surface area contributed by atoms with Gasteiger partial charge in [0.05, 0.1) is 30.1 Å². The van der Waals surface area contributed by atoms with E-state index in [0.717, 1.165) is 59.5 Å². The summed E-state index contributed by atoms with van der Waals surface area (Å²) in [7, 11) is 3.69. The van der Waals surface area contributed by atoms with Crippen LogP contribution < -0.4 is 20.0 Å². The van der Waals surface area contributed by atoms with Crippen LogP contribution >= 0.6 is 11.6 Å². The molecule has 4 aromatic heterocycles. The average Bonchev–Trinajstić information content (AvgIpc) is 4.28. The topological polar surface area (TPSA) is 193 Å². The lowest BCUT2D eigenvalue weighted by atomic mass is 9.89. The fourth-order valence-electron chi connectivity index (χ4n) is 10.7. The van der Waals surface area contributed by atoms with E-state index < -0.39 is 11.9 Å². The van der Waals surface area contributed by atoms with Gasteiger partial charge in [-0.25, -0.2) is 46.9 Å². The molecular weight excluding hydrogens is 1090 g/mol. The van der Waals surface area contributed by atoms with Crippen LogP contribution in [0.5, 0.6) is 0 Å². The summed E-state index contributed by atoms with van der Waals surface area (Å²) in [5.41, 5.74) is 5.25. The summed E-state index contributed by atoms with van der Waals surface area (Å²) < 4.78 is 60.9. The number of aliphatic hydroxyl groups is 2. The first-order valence-corrected chi connectivity index (χ1v) is 28.3. The van der Waals surface area contributed by atoms with Crippen LogP contribution in [0.1, 0.15) is 38.2 Å². The highest BCUT2D eigenvalue weighted by molar-refractivity contribution is 6.27. The average molecular weight is 1160 g/mol. The number of piperazine rings is 1. The molecule has 4 aliphatic rings. The Morgan fingerprint density at radius 1 is 0.639 bits per heavy atom. The molecule has 436 valence electrons. The molecule has 0 bridgehead atoms. The van der Waals surface area contributed by atoms with Crippen molar-refractivity contribution in [2.75, 3.05) is 107 Å². The van der Waals surface area contributed by atoms with E-state index in [1.807, 2.05) is 38.9 Å². The zero-order valence-corrected chi connectivity index (χ0v) is 47.4. The Morgan fingerprint density at radius 3 is 1.58 bits per heavy atom.